The molecule has 0 aromatic heterocycles. The molecule has 0 spiro atoms. The van der Waals surface area contributed by atoms with Crippen molar-refractivity contribution in [2.45, 2.75) is 32.2 Å². The zero-order valence-corrected chi connectivity index (χ0v) is 9.78. The van der Waals surface area contributed by atoms with Gasteiger partial charge in [0.1, 0.15) is 0 Å². The SMILES string of the molecule is CC(Cc1ccccc1)NC(=O)CCCN. The fourth-order valence-electron chi connectivity index (χ4n) is 1.63. The van der Waals surface area contributed by atoms with Crippen LogP contribution in [0.25, 0.3) is 0 Å². The minimum absolute atomic E-state index is 0.0916. The summed E-state index contributed by atoms with van der Waals surface area (Å²) in [5.41, 5.74) is 6.60. The van der Waals surface area contributed by atoms with Crippen LogP contribution in [0.4, 0.5) is 0 Å². The lowest BCUT2D eigenvalue weighted by Crippen LogP contribution is -2.34. The highest BCUT2D eigenvalue weighted by Crippen LogP contribution is 2.02. The normalized spacial score (nSPS) is 12.1. The van der Waals surface area contributed by atoms with Crippen molar-refractivity contribution in [2.75, 3.05) is 6.54 Å². The monoisotopic (exact) mass is 220 g/mol. The molecule has 0 radical (unpaired) electrons. The Labute approximate surface area is 97.0 Å². The third-order valence-corrected chi connectivity index (χ3v) is 2.40. The molecule has 1 aromatic rings. The van der Waals surface area contributed by atoms with Gasteiger partial charge in [-0.05, 0) is 31.9 Å². The minimum atomic E-state index is 0.0916. The molecule has 0 saturated heterocycles. The van der Waals surface area contributed by atoms with Gasteiger partial charge in [-0.2, -0.15) is 0 Å². The Morgan fingerprint density at radius 1 is 1.38 bits per heavy atom. The maximum Gasteiger partial charge on any atom is 0.220 e. The Morgan fingerprint density at radius 2 is 2.06 bits per heavy atom. The highest BCUT2D eigenvalue weighted by atomic mass is 16.1. The summed E-state index contributed by atoms with van der Waals surface area (Å²) in [4.78, 5) is 11.4. The van der Waals surface area contributed by atoms with Crippen LogP contribution in [0, 0.1) is 0 Å². The predicted molar refractivity (Wildman–Crippen MR) is 66.0 cm³/mol. The predicted octanol–water partition coefficient (Wildman–Crippen LogP) is 1.47. The second-order valence-corrected chi connectivity index (χ2v) is 4.05. The Kier molecular flexibility index (Phi) is 5.57. The van der Waals surface area contributed by atoms with Gasteiger partial charge in [0.15, 0.2) is 0 Å². The van der Waals surface area contributed by atoms with Crippen molar-refractivity contribution >= 4 is 5.91 Å². The highest BCUT2D eigenvalue weighted by molar-refractivity contribution is 5.76. The van der Waals surface area contributed by atoms with Crippen molar-refractivity contribution in [3.8, 4) is 0 Å². The van der Waals surface area contributed by atoms with Crippen LogP contribution in [0.2, 0.25) is 0 Å². The van der Waals surface area contributed by atoms with Crippen molar-refractivity contribution in [3.63, 3.8) is 0 Å². The van der Waals surface area contributed by atoms with Gasteiger partial charge in [0.2, 0.25) is 5.91 Å². The maximum atomic E-state index is 11.4. The molecular weight excluding hydrogens is 200 g/mol. The number of amides is 1. The first-order valence-corrected chi connectivity index (χ1v) is 5.75. The van der Waals surface area contributed by atoms with Gasteiger partial charge in [0.25, 0.3) is 0 Å². The van der Waals surface area contributed by atoms with Gasteiger partial charge in [-0.15, -0.1) is 0 Å². The summed E-state index contributed by atoms with van der Waals surface area (Å²) in [6.07, 6.45) is 2.15. The third-order valence-electron chi connectivity index (χ3n) is 2.40. The second-order valence-electron chi connectivity index (χ2n) is 4.05. The first kappa shape index (κ1) is 12.7. The molecule has 88 valence electrons. The third kappa shape index (κ3) is 4.94. The molecule has 0 aliphatic carbocycles. The van der Waals surface area contributed by atoms with Crippen LogP contribution < -0.4 is 11.1 Å². The topological polar surface area (TPSA) is 55.1 Å². The molecule has 1 unspecified atom stereocenters. The van der Waals surface area contributed by atoms with Crippen LogP contribution in [0.1, 0.15) is 25.3 Å². The first-order valence-electron chi connectivity index (χ1n) is 5.75. The van der Waals surface area contributed by atoms with Gasteiger partial charge in [-0.1, -0.05) is 30.3 Å². The lowest BCUT2D eigenvalue weighted by atomic mass is 10.1. The Bertz CT molecular complexity index is 311. The van der Waals surface area contributed by atoms with E-state index in [9.17, 15) is 4.79 Å². The maximum absolute atomic E-state index is 11.4. The summed E-state index contributed by atoms with van der Waals surface area (Å²) < 4.78 is 0. The fraction of sp³-hybridized carbons (Fsp3) is 0.462. The fourth-order valence-corrected chi connectivity index (χ4v) is 1.63. The van der Waals surface area contributed by atoms with Gasteiger partial charge in [0, 0.05) is 12.5 Å². The van der Waals surface area contributed by atoms with Crippen molar-refractivity contribution in [3.05, 3.63) is 35.9 Å². The van der Waals surface area contributed by atoms with Crippen LogP contribution in [0.5, 0.6) is 0 Å². The summed E-state index contributed by atoms with van der Waals surface area (Å²) >= 11 is 0. The zero-order chi connectivity index (χ0) is 11.8. The second kappa shape index (κ2) is 7.01. The molecule has 0 aliphatic heterocycles. The average molecular weight is 220 g/mol. The largest absolute Gasteiger partial charge is 0.353 e. The van der Waals surface area contributed by atoms with E-state index in [1.807, 2.05) is 25.1 Å². The molecule has 1 atom stereocenters. The quantitative estimate of drug-likeness (QED) is 0.763. The zero-order valence-electron chi connectivity index (χ0n) is 9.78. The van der Waals surface area contributed by atoms with Crippen LogP contribution in [-0.2, 0) is 11.2 Å². The number of rotatable bonds is 6. The van der Waals surface area contributed by atoms with E-state index in [1.165, 1.54) is 5.56 Å². The summed E-state index contributed by atoms with van der Waals surface area (Å²) in [7, 11) is 0. The smallest absolute Gasteiger partial charge is 0.220 e. The van der Waals surface area contributed by atoms with Crippen LogP contribution in [-0.4, -0.2) is 18.5 Å². The Hall–Kier alpha value is -1.35. The molecule has 0 heterocycles. The highest BCUT2D eigenvalue weighted by Gasteiger charge is 2.07. The number of hydrogen-bond acceptors (Lipinski definition) is 2. The molecule has 0 fully saturated rings. The van der Waals surface area contributed by atoms with Gasteiger partial charge in [0.05, 0.1) is 0 Å². The molecule has 3 nitrogen and oxygen atoms in total. The Balaban J connectivity index is 2.30. The van der Waals surface area contributed by atoms with E-state index in [0.29, 0.717) is 13.0 Å². The molecule has 16 heavy (non-hydrogen) atoms. The van der Waals surface area contributed by atoms with E-state index >= 15 is 0 Å². The molecule has 3 N–H and O–H groups in total. The standard InChI is InChI=1S/C13H20N2O/c1-11(15-13(16)8-5-9-14)10-12-6-3-2-4-7-12/h2-4,6-7,11H,5,8-10,14H2,1H3,(H,15,16). The lowest BCUT2D eigenvalue weighted by molar-refractivity contribution is -0.121. The van der Waals surface area contributed by atoms with Crippen molar-refractivity contribution < 1.29 is 4.79 Å². The Morgan fingerprint density at radius 3 is 2.69 bits per heavy atom. The molecule has 1 rings (SSSR count). The number of carbonyl (C=O) groups excluding carboxylic acids is 1. The van der Waals surface area contributed by atoms with Gasteiger partial charge < -0.3 is 11.1 Å². The van der Waals surface area contributed by atoms with Crippen molar-refractivity contribution in [1.29, 1.82) is 0 Å². The van der Waals surface area contributed by atoms with E-state index in [-0.39, 0.29) is 11.9 Å². The molecule has 0 saturated carbocycles. The van der Waals surface area contributed by atoms with Crippen LogP contribution >= 0.6 is 0 Å². The summed E-state index contributed by atoms with van der Waals surface area (Å²) in [6, 6.07) is 10.3. The van der Waals surface area contributed by atoms with Crippen molar-refractivity contribution in [1.82, 2.24) is 5.32 Å². The van der Waals surface area contributed by atoms with E-state index in [1.54, 1.807) is 0 Å². The lowest BCUT2D eigenvalue weighted by Gasteiger charge is -2.13. The average Bonchev–Trinajstić information content (AvgIpc) is 2.27. The number of hydrogen-bond donors (Lipinski definition) is 2. The number of carbonyl (C=O) groups is 1. The van der Waals surface area contributed by atoms with Crippen LogP contribution in [0.3, 0.4) is 0 Å². The van der Waals surface area contributed by atoms with Crippen LogP contribution in [0.15, 0.2) is 30.3 Å². The summed E-state index contributed by atoms with van der Waals surface area (Å²) in [5, 5.41) is 2.97. The van der Waals surface area contributed by atoms with E-state index < -0.39 is 0 Å². The van der Waals surface area contributed by atoms with Crippen molar-refractivity contribution in [2.24, 2.45) is 5.73 Å². The molecule has 1 aromatic carbocycles. The summed E-state index contributed by atoms with van der Waals surface area (Å²) in [5.74, 6) is 0.0916. The number of benzene rings is 1. The van der Waals surface area contributed by atoms with Gasteiger partial charge >= 0.3 is 0 Å². The van der Waals surface area contributed by atoms with E-state index in [4.69, 9.17) is 5.73 Å². The summed E-state index contributed by atoms with van der Waals surface area (Å²) in [6.45, 7) is 2.59. The molecular formula is C13H20N2O. The van der Waals surface area contributed by atoms with Gasteiger partial charge in [-0.3, -0.25) is 4.79 Å². The van der Waals surface area contributed by atoms with E-state index in [0.717, 1.165) is 12.8 Å². The molecule has 1 amide bonds. The van der Waals surface area contributed by atoms with E-state index in [2.05, 4.69) is 17.4 Å². The molecule has 3 heteroatoms. The van der Waals surface area contributed by atoms with Gasteiger partial charge in [-0.25, -0.2) is 0 Å². The molecule has 0 bridgehead atoms. The number of nitrogens with two attached hydrogens (primary N) is 1. The first-order chi connectivity index (χ1) is 7.72. The minimum Gasteiger partial charge on any atom is -0.353 e. The number of nitrogens with one attached hydrogen (secondary N) is 1. The molecule has 0 aliphatic rings.